The summed E-state index contributed by atoms with van der Waals surface area (Å²) in [4.78, 5) is 26.1. The smallest absolute Gasteiger partial charge is 0.226 e. The predicted molar refractivity (Wildman–Crippen MR) is 148 cm³/mol. The number of carbonyl (C=O) groups excluding carboxylic acids is 1. The van der Waals surface area contributed by atoms with E-state index in [4.69, 9.17) is 19.8 Å². The molecule has 2 aromatic heterocycles. The van der Waals surface area contributed by atoms with Gasteiger partial charge in [-0.05, 0) is 36.1 Å². The molecule has 2 aliphatic rings. The number of hydrogen-bond acceptors (Lipinski definition) is 7. The highest BCUT2D eigenvalue weighted by Gasteiger charge is 2.27. The lowest BCUT2D eigenvalue weighted by atomic mass is 10.1. The maximum Gasteiger partial charge on any atom is 0.226 e. The molecule has 0 aliphatic carbocycles. The van der Waals surface area contributed by atoms with E-state index in [0.29, 0.717) is 25.5 Å². The van der Waals surface area contributed by atoms with Gasteiger partial charge in [0.05, 0.1) is 24.7 Å². The highest BCUT2D eigenvalue weighted by molar-refractivity contribution is 5.92. The molecule has 1 saturated heterocycles. The maximum absolute atomic E-state index is 11.9. The third-order valence-corrected chi connectivity index (χ3v) is 7.33. The molecule has 1 N–H and O–H groups in total. The van der Waals surface area contributed by atoms with Gasteiger partial charge in [0.1, 0.15) is 11.6 Å². The van der Waals surface area contributed by atoms with Crippen LogP contribution in [0.1, 0.15) is 36.1 Å². The van der Waals surface area contributed by atoms with Gasteiger partial charge in [0.15, 0.2) is 5.65 Å². The van der Waals surface area contributed by atoms with E-state index in [1.165, 1.54) is 11.1 Å². The first kappa shape index (κ1) is 24.2. The van der Waals surface area contributed by atoms with Crippen LogP contribution in [0.25, 0.3) is 11.0 Å². The number of carbonyl (C=O) groups is 1. The monoisotopic (exact) mass is 511 g/mol. The van der Waals surface area contributed by atoms with Crippen molar-refractivity contribution in [2.75, 3.05) is 43.5 Å². The molecule has 0 spiro atoms. The summed E-state index contributed by atoms with van der Waals surface area (Å²) in [6.07, 6.45) is 3.34. The molecule has 0 bridgehead atoms. The third-order valence-electron chi connectivity index (χ3n) is 7.33. The van der Waals surface area contributed by atoms with Crippen LogP contribution in [0.15, 0.2) is 54.6 Å². The van der Waals surface area contributed by atoms with Crippen molar-refractivity contribution in [3.63, 3.8) is 0 Å². The summed E-state index contributed by atoms with van der Waals surface area (Å²) in [6.45, 7) is 4.57. The van der Waals surface area contributed by atoms with Crippen LogP contribution in [0.3, 0.4) is 0 Å². The second-order valence-electron chi connectivity index (χ2n) is 9.94. The fourth-order valence-electron chi connectivity index (χ4n) is 5.34. The topological polar surface area (TPSA) is 88.4 Å². The van der Waals surface area contributed by atoms with Gasteiger partial charge >= 0.3 is 0 Å². The Hall–Kier alpha value is -4.14. The Morgan fingerprint density at radius 3 is 2.50 bits per heavy atom. The molecule has 0 saturated carbocycles. The zero-order chi connectivity index (χ0) is 25.9. The molecule has 38 heavy (non-hydrogen) atoms. The molecule has 2 aromatic carbocycles. The molecule has 1 fully saturated rings. The van der Waals surface area contributed by atoms with Gasteiger partial charge < -0.3 is 19.9 Å². The van der Waals surface area contributed by atoms with Gasteiger partial charge in [0.2, 0.25) is 11.9 Å². The first-order chi connectivity index (χ1) is 18.7. The number of amides is 1. The van der Waals surface area contributed by atoms with Crippen molar-refractivity contribution in [1.82, 2.24) is 24.6 Å². The normalized spacial score (nSPS) is 14.9. The van der Waals surface area contributed by atoms with E-state index in [9.17, 15) is 4.79 Å². The van der Waals surface area contributed by atoms with E-state index in [1.54, 1.807) is 7.11 Å². The standard InChI is InChI=1S/C29H33N7O2/c1-38-23-12-10-22(11-13-23)19-35-18-14-24-26-27(35)31-29(30-15-6-17-34-16-5-9-25(34)37)32-28(26)36(33-24)20-21-7-3-2-4-8-21/h2-4,7-8,10-13H,5-6,9,14-20H2,1H3,(H,30,31,32). The van der Waals surface area contributed by atoms with Crippen LogP contribution in [0, 0.1) is 0 Å². The Morgan fingerprint density at radius 1 is 0.921 bits per heavy atom. The highest BCUT2D eigenvalue weighted by atomic mass is 16.5. The number of nitrogens with zero attached hydrogens (tertiary/aromatic N) is 6. The lowest BCUT2D eigenvalue weighted by Gasteiger charge is -2.28. The fourth-order valence-corrected chi connectivity index (χ4v) is 5.34. The largest absolute Gasteiger partial charge is 0.497 e. The van der Waals surface area contributed by atoms with Gasteiger partial charge in [-0.1, -0.05) is 42.5 Å². The van der Waals surface area contributed by atoms with Crippen molar-refractivity contribution in [1.29, 1.82) is 0 Å². The second-order valence-corrected chi connectivity index (χ2v) is 9.94. The molecule has 9 nitrogen and oxygen atoms in total. The Bertz CT molecular complexity index is 1420. The van der Waals surface area contributed by atoms with E-state index in [2.05, 4.69) is 46.6 Å². The summed E-state index contributed by atoms with van der Waals surface area (Å²) >= 11 is 0. The number of rotatable bonds is 10. The number of ether oxygens (including phenoxy) is 1. The van der Waals surface area contributed by atoms with Crippen LogP contribution in [0.2, 0.25) is 0 Å². The van der Waals surface area contributed by atoms with Gasteiger partial charge in [-0.25, -0.2) is 4.68 Å². The molecule has 1 amide bonds. The maximum atomic E-state index is 11.9. The summed E-state index contributed by atoms with van der Waals surface area (Å²) in [5.41, 5.74) is 4.28. The Kier molecular flexibility index (Phi) is 6.81. The highest BCUT2D eigenvalue weighted by Crippen LogP contribution is 2.34. The first-order valence-corrected chi connectivity index (χ1v) is 13.4. The number of methoxy groups -OCH3 is 1. The van der Waals surface area contributed by atoms with Crippen molar-refractivity contribution in [2.45, 2.75) is 38.8 Å². The molecular weight excluding hydrogens is 478 g/mol. The molecule has 0 unspecified atom stereocenters. The third kappa shape index (κ3) is 5.01. The van der Waals surface area contributed by atoms with E-state index in [0.717, 1.165) is 73.7 Å². The number of nitrogens with one attached hydrogen (secondary N) is 1. The Labute approximate surface area is 222 Å². The summed E-state index contributed by atoms with van der Waals surface area (Å²) in [5, 5.41) is 9.44. The zero-order valence-electron chi connectivity index (χ0n) is 21.8. The van der Waals surface area contributed by atoms with Crippen molar-refractivity contribution in [2.24, 2.45) is 0 Å². The van der Waals surface area contributed by atoms with Gasteiger partial charge in [0.25, 0.3) is 0 Å². The van der Waals surface area contributed by atoms with E-state index in [1.807, 2.05) is 27.8 Å². The van der Waals surface area contributed by atoms with E-state index < -0.39 is 0 Å². The van der Waals surface area contributed by atoms with Crippen molar-refractivity contribution in [3.05, 3.63) is 71.4 Å². The minimum atomic E-state index is 0.263. The molecular formula is C29H33N7O2. The summed E-state index contributed by atoms with van der Waals surface area (Å²) in [7, 11) is 1.68. The van der Waals surface area contributed by atoms with Gasteiger partial charge in [-0.15, -0.1) is 0 Å². The van der Waals surface area contributed by atoms with Crippen molar-refractivity contribution in [3.8, 4) is 5.75 Å². The summed E-state index contributed by atoms with van der Waals surface area (Å²) in [5.74, 6) is 2.63. The van der Waals surface area contributed by atoms with E-state index >= 15 is 0 Å². The van der Waals surface area contributed by atoms with Crippen LogP contribution in [0.4, 0.5) is 11.8 Å². The van der Waals surface area contributed by atoms with Crippen LogP contribution in [0.5, 0.6) is 5.75 Å². The number of benzene rings is 2. The lowest BCUT2D eigenvalue weighted by molar-refractivity contribution is -0.127. The molecule has 0 atom stereocenters. The van der Waals surface area contributed by atoms with Crippen LogP contribution in [-0.4, -0.2) is 63.8 Å². The molecule has 196 valence electrons. The summed E-state index contributed by atoms with van der Waals surface area (Å²) in [6, 6.07) is 18.6. The Balaban J connectivity index is 1.28. The van der Waals surface area contributed by atoms with Gasteiger partial charge in [0, 0.05) is 45.6 Å². The van der Waals surface area contributed by atoms with Crippen molar-refractivity contribution < 1.29 is 9.53 Å². The Morgan fingerprint density at radius 2 is 1.74 bits per heavy atom. The second kappa shape index (κ2) is 10.7. The molecule has 2 aliphatic heterocycles. The molecule has 9 heteroatoms. The molecule has 0 radical (unpaired) electrons. The van der Waals surface area contributed by atoms with Crippen LogP contribution >= 0.6 is 0 Å². The molecule has 6 rings (SSSR count). The SMILES string of the molecule is COc1ccc(CN2CCc3nn(Cc4ccccc4)c4nc(NCCCN5CCCC5=O)nc2c34)cc1. The lowest BCUT2D eigenvalue weighted by Crippen LogP contribution is -2.30. The van der Waals surface area contributed by atoms with Crippen LogP contribution < -0.4 is 15.0 Å². The average molecular weight is 512 g/mol. The predicted octanol–water partition coefficient (Wildman–Crippen LogP) is 3.87. The number of likely N-dealkylation sites (tertiary alicyclic amines) is 1. The number of anilines is 2. The minimum absolute atomic E-state index is 0.263. The summed E-state index contributed by atoms with van der Waals surface area (Å²) < 4.78 is 7.34. The van der Waals surface area contributed by atoms with Gasteiger partial charge in [-0.3, -0.25) is 4.79 Å². The van der Waals surface area contributed by atoms with Gasteiger partial charge in [-0.2, -0.15) is 15.1 Å². The number of aromatic nitrogens is 4. The quantitative estimate of drug-likeness (QED) is 0.323. The van der Waals surface area contributed by atoms with Crippen LogP contribution in [-0.2, 0) is 24.3 Å². The van der Waals surface area contributed by atoms with E-state index in [-0.39, 0.29) is 5.91 Å². The fraction of sp³-hybridized carbons (Fsp3) is 0.379. The van der Waals surface area contributed by atoms with Crippen molar-refractivity contribution >= 4 is 28.7 Å². The minimum Gasteiger partial charge on any atom is -0.497 e. The first-order valence-electron chi connectivity index (χ1n) is 13.4. The molecule has 4 heterocycles. The average Bonchev–Trinajstić information content (AvgIpc) is 3.52. The number of hydrogen-bond donors (Lipinski definition) is 1. The zero-order valence-corrected chi connectivity index (χ0v) is 21.8. The molecule has 4 aromatic rings.